The zero-order valence-corrected chi connectivity index (χ0v) is 18.7. The van der Waals surface area contributed by atoms with Gasteiger partial charge >= 0.3 is 0 Å². The van der Waals surface area contributed by atoms with Crippen LogP contribution in [-0.4, -0.2) is 24.5 Å². The number of nitrogens with zero attached hydrogens (tertiary/aromatic N) is 2. The van der Waals surface area contributed by atoms with Crippen molar-refractivity contribution in [2.24, 2.45) is 5.92 Å². The first kappa shape index (κ1) is 22.5. The smallest absolute Gasteiger partial charge is 0.0998 e. The maximum absolute atomic E-state index is 8.68. The summed E-state index contributed by atoms with van der Waals surface area (Å²) in [6, 6.07) is 31.4. The molecule has 0 atom stereocenters. The molecule has 0 saturated carbocycles. The van der Waals surface area contributed by atoms with Gasteiger partial charge in [0, 0.05) is 19.0 Å². The van der Waals surface area contributed by atoms with Gasteiger partial charge in [-0.3, -0.25) is 0 Å². The number of rotatable bonds is 6. The van der Waals surface area contributed by atoms with Crippen LogP contribution < -0.4 is 0 Å². The van der Waals surface area contributed by atoms with E-state index in [0.717, 1.165) is 17.1 Å². The van der Waals surface area contributed by atoms with Crippen LogP contribution in [0.25, 0.3) is 5.57 Å². The fraction of sp³-hybridized carbons (Fsp3) is 0.276. The predicted molar refractivity (Wildman–Crippen MR) is 131 cm³/mol. The summed E-state index contributed by atoms with van der Waals surface area (Å²) < 4.78 is 0. The van der Waals surface area contributed by atoms with Gasteiger partial charge in [0.25, 0.3) is 0 Å². The van der Waals surface area contributed by atoms with Gasteiger partial charge in [0.2, 0.25) is 0 Å². The highest BCUT2D eigenvalue weighted by Crippen LogP contribution is 2.29. The Morgan fingerprint density at radius 2 is 1.45 bits per heavy atom. The molecule has 1 fully saturated rings. The topological polar surface area (TPSA) is 27.0 Å². The number of benzene rings is 3. The van der Waals surface area contributed by atoms with E-state index in [1.807, 2.05) is 25.1 Å². The van der Waals surface area contributed by atoms with Crippen molar-refractivity contribution in [1.29, 1.82) is 5.26 Å². The summed E-state index contributed by atoms with van der Waals surface area (Å²) in [6.45, 7) is 11.8. The van der Waals surface area contributed by atoms with Gasteiger partial charge in [0.05, 0.1) is 11.6 Å². The van der Waals surface area contributed by atoms with Gasteiger partial charge in [-0.15, -0.1) is 0 Å². The van der Waals surface area contributed by atoms with Crippen LogP contribution in [0.3, 0.4) is 0 Å². The largest absolute Gasteiger partial charge is 0.303 e. The zero-order chi connectivity index (χ0) is 22.1. The zero-order valence-electron chi connectivity index (χ0n) is 18.7. The molecule has 1 heterocycles. The van der Waals surface area contributed by atoms with Gasteiger partial charge in [-0.2, -0.15) is 5.26 Å². The van der Waals surface area contributed by atoms with Crippen molar-refractivity contribution in [3.05, 3.63) is 114 Å². The fourth-order valence-electron chi connectivity index (χ4n) is 4.17. The van der Waals surface area contributed by atoms with Gasteiger partial charge < -0.3 is 4.90 Å². The molecule has 3 aromatic rings. The highest BCUT2D eigenvalue weighted by atomic mass is 15.2. The molecule has 4 rings (SSSR count). The first-order valence-electron chi connectivity index (χ1n) is 11.1. The molecule has 2 heteroatoms. The summed E-state index contributed by atoms with van der Waals surface area (Å²) >= 11 is 0. The van der Waals surface area contributed by atoms with Crippen LogP contribution in [0.5, 0.6) is 0 Å². The van der Waals surface area contributed by atoms with Gasteiger partial charge in [-0.05, 0) is 54.1 Å². The van der Waals surface area contributed by atoms with Crippen molar-refractivity contribution in [2.75, 3.05) is 19.6 Å². The molecule has 3 aromatic carbocycles. The van der Waals surface area contributed by atoms with Gasteiger partial charge in [-0.1, -0.05) is 92.4 Å². The van der Waals surface area contributed by atoms with Crippen LogP contribution in [0.15, 0.2) is 91.5 Å². The number of allylic oxidation sites excluding steroid dienone is 1. The second-order valence-corrected chi connectivity index (χ2v) is 8.47. The average Bonchev–Trinajstić information content (AvgIpc) is 2.79. The second kappa shape index (κ2) is 11.3. The summed E-state index contributed by atoms with van der Waals surface area (Å²) in [6.07, 6.45) is 1.21. The molecule has 158 valence electrons. The Kier molecular flexibility index (Phi) is 8.21. The molecule has 1 saturated heterocycles. The minimum absolute atomic E-state index is 0.522. The van der Waals surface area contributed by atoms with Crippen molar-refractivity contribution in [3.63, 3.8) is 0 Å². The number of hydrogen-bond donors (Lipinski definition) is 0. The normalized spacial score (nSPS) is 13.6. The highest BCUT2D eigenvalue weighted by molar-refractivity contribution is 5.67. The Balaban J connectivity index is 0.000000210. The summed E-state index contributed by atoms with van der Waals surface area (Å²) in [5.41, 5.74) is 5.44. The molecule has 0 N–H and O–H groups in total. The SMILES string of the molecule is C=C(C)c1ccccc1C#N.CC1CN(CCC(c2ccccc2)c2ccccc2)C1. The monoisotopic (exact) mass is 408 g/mol. The highest BCUT2D eigenvalue weighted by Gasteiger charge is 2.23. The van der Waals surface area contributed by atoms with Crippen LogP contribution in [0, 0.1) is 17.2 Å². The molecular formula is C29H32N2. The first-order chi connectivity index (χ1) is 15.1. The Labute approximate surface area is 187 Å². The molecule has 1 aliphatic rings. The van der Waals surface area contributed by atoms with Crippen molar-refractivity contribution < 1.29 is 0 Å². The Hall–Kier alpha value is -3.15. The predicted octanol–water partition coefficient (Wildman–Crippen LogP) is 6.75. The molecule has 0 radical (unpaired) electrons. The molecule has 0 bridgehead atoms. The van der Waals surface area contributed by atoms with E-state index in [4.69, 9.17) is 5.26 Å². The minimum Gasteiger partial charge on any atom is -0.303 e. The van der Waals surface area contributed by atoms with E-state index in [2.05, 4.69) is 85.1 Å². The molecule has 31 heavy (non-hydrogen) atoms. The lowest BCUT2D eigenvalue weighted by Gasteiger charge is -2.38. The molecular weight excluding hydrogens is 376 g/mol. The van der Waals surface area contributed by atoms with Crippen LogP contribution >= 0.6 is 0 Å². The lowest BCUT2D eigenvalue weighted by Crippen LogP contribution is -2.45. The molecule has 0 aliphatic carbocycles. The lowest BCUT2D eigenvalue weighted by molar-refractivity contribution is 0.110. The second-order valence-electron chi connectivity index (χ2n) is 8.47. The van der Waals surface area contributed by atoms with Crippen molar-refractivity contribution >= 4 is 5.57 Å². The van der Waals surface area contributed by atoms with E-state index >= 15 is 0 Å². The Morgan fingerprint density at radius 3 is 1.90 bits per heavy atom. The molecule has 0 amide bonds. The fourth-order valence-corrected chi connectivity index (χ4v) is 4.17. The van der Waals surface area contributed by atoms with Crippen molar-refractivity contribution in [3.8, 4) is 6.07 Å². The van der Waals surface area contributed by atoms with E-state index < -0.39 is 0 Å². The van der Waals surface area contributed by atoms with Gasteiger partial charge in [0.1, 0.15) is 0 Å². The molecule has 0 spiro atoms. The third-order valence-electron chi connectivity index (χ3n) is 5.78. The molecule has 2 nitrogen and oxygen atoms in total. The van der Waals surface area contributed by atoms with Gasteiger partial charge in [0.15, 0.2) is 0 Å². The quantitative estimate of drug-likeness (QED) is 0.451. The van der Waals surface area contributed by atoms with Crippen LogP contribution in [0.4, 0.5) is 0 Å². The summed E-state index contributed by atoms with van der Waals surface area (Å²) in [5, 5.41) is 8.68. The van der Waals surface area contributed by atoms with Crippen molar-refractivity contribution in [1.82, 2.24) is 4.90 Å². The van der Waals surface area contributed by atoms with E-state index in [9.17, 15) is 0 Å². The van der Waals surface area contributed by atoms with E-state index in [-0.39, 0.29) is 0 Å². The van der Waals surface area contributed by atoms with E-state index in [1.165, 1.54) is 37.2 Å². The number of likely N-dealkylation sites (tertiary alicyclic amines) is 1. The molecule has 0 aromatic heterocycles. The number of nitriles is 1. The Morgan fingerprint density at radius 1 is 0.935 bits per heavy atom. The first-order valence-corrected chi connectivity index (χ1v) is 11.1. The summed E-state index contributed by atoms with van der Waals surface area (Å²) in [4.78, 5) is 2.57. The molecule has 1 aliphatic heterocycles. The minimum atomic E-state index is 0.522. The maximum atomic E-state index is 8.68. The summed E-state index contributed by atoms with van der Waals surface area (Å²) in [7, 11) is 0. The number of hydrogen-bond acceptors (Lipinski definition) is 2. The molecule has 0 unspecified atom stereocenters. The van der Waals surface area contributed by atoms with E-state index in [1.54, 1.807) is 6.07 Å². The van der Waals surface area contributed by atoms with Crippen molar-refractivity contribution in [2.45, 2.75) is 26.2 Å². The third-order valence-corrected chi connectivity index (χ3v) is 5.78. The van der Waals surface area contributed by atoms with Crippen LogP contribution in [0.2, 0.25) is 0 Å². The lowest BCUT2D eigenvalue weighted by atomic mass is 9.88. The third kappa shape index (κ3) is 6.41. The average molecular weight is 409 g/mol. The standard InChI is InChI=1S/C19H23N.C10H9N/c1-16-14-20(15-16)13-12-19(17-8-4-2-5-9-17)18-10-6-3-7-11-18;1-8(2)10-6-4-3-5-9(10)7-11/h2-11,16,19H,12-15H2,1H3;3-6H,1H2,2H3. The Bertz CT molecular complexity index is 956. The van der Waals surface area contributed by atoms with Crippen LogP contribution in [-0.2, 0) is 0 Å². The maximum Gasteiger partial charge on any atom is 0.0998 e. The van der Waals surface area contributed by atoms with Gasteiger partial charge in [-0.25, -0.2) is 0 Å². The van der Waals surface area contributed by atoms with E-state index in [0.29, 0.717) is 11.5 Å². The summed E-state index contributed by atoms with van der Waals surface area (Å²) in [5.74, 6) is 1.41. The van der Waals surface area contributed by atoms with Crippen LogP contribution in [0.1, 0.15) is 48.4 Å².